The Morgan fingerprint density at radius 2 is 1.88 bits per heavy atom. The summed E-state index contributed by atoms with van der Waals surface area (Å²) in [5.41, 5.74) is 3.45. The fourth-order valence-electron chi connectivity index (χ4n) is 1.55. The van der Waals surface area contributed by atoms with E-state index in [1.807, 2.05) is 38.2 Å². The van der Waals surface area contributed by atoms with Gasteiger partial charge < -0.3 is 5.32 Å². The molecule has 3 heteroatoms. The molecule has 1 aromatic heterocycles. The van der Waals surface area contributed by atoms with Crippen LogP contribution in [-0.2, 0) is 6.54 Å². The molecule has 0 saturated heterocycles. The SMILES string of the molecule is Cc1ccc(CNc2ccc(C)cc2F)nc1. The van der Waals surface area contributed by atoms with E-state index >= 15 is 0 Å². The molecular weight excluding hydrogens is 215 g/mol. The molecule has 0 saturated carbocycles. The zero-order valence-electron chi connectivity index (χ0n) is 10.00. The highest BCUT2D eigenvalue weighted by Gasteiger charge is 2.01. The van der Waals surface area contributed by atoms with Gasteiger partial charge in [0.1, 0.15) is 5.82 Å². The summed E-state index contributed by atoms with van der Waals surface area (Å²) in [5, 5.41) is 3.04. The van der Waals surface area contributed by atoms with Crippen LogP contribution < -0.4 is 5.32 Å². The molecule has 0 unspecified atom stereocenters. The van der Waals surface area contributed by atoms with Crippen molar-refractivity contribution < 1.29 is 4.39 Å². The lowest BCUT2D eigenvalue weighted by Crippen LogP contribution is -2.03. The van der Waals surface area contributed by atoms with Gasteiger partial charge in [0.2, 0.25) is 0 Å². The van der Waals surface area contributed by atoms with Gasteiger partial charge >= 0.3 is 0 Å². The normalized spacial score (nSPS) is 10.3. The number of rotatable bonds is 3. The van der Waals surface area contributed by atoms with E-state index in [9.17, 15) is 4.39 Å². The molecule has 1 aromatic carbocycles. The highest BCUT2D eigenvalue weighted by Crippen LogP contribution is 2.15. The van der Waals surface area contributed by atoms with Crippen molar-refractivity contribution in [1.82, 2.24) is 4.98 Å². The number of hydrogen-bond donors (Lipinski definition) is 1. The van der Waals surface area contributed by atoms with E-state index in [-0.39, 0.29) is 5.82 Å². The molecule has 0 spiro atoms. The Hall–Kier alpha value is -1.90. The van der Waals surface area contributed by atoms with Crippen molar-refractivity contribution >= 4 is 5.69 Å². The predicted molar refractivity (Wildman–Crippen MR) is 67.4 cm³/mol. The number of aromatic nitrogens is 1. The number of nitrogens with one attached hydrogen (secondary N) is 1. The standard InChI is InChI=1S/C14H15FN2/c1-10-4-6-14(13(15)7-10)17-9-12-5-3-11(2)8-16-12/h3-8,17H,9H2,1-2H3. The Balaban J connectivity index is 2.04. The Kier molecular flexibility index (Phi) is 3.38. The fraction of sp³-hybridized carbons (Fsp3) is 0.214. The van der Waals surface area contributed by atoms with E-state index in [4.69, 9.17) is 0 Å². The molecule has 88 valence electrons. The molecule has 0 aliphatic rings. The Bertz CT molecular complexity index is 506. The van der Waals surface area contributed by atoms with Crippen LogP contribution >= 0.6 is 0 Å². The van der Waals surface area contributed by atoms with E-state index in [1.165, 1.54) is 6.07 Å². The fourth-order valence-corrected chi connectivity index (χ4v) is 1.55. The van der Waals surface area contributed by atoms with Gasteiger partial charge in [-0.05, 0) is 43.2 Å². The lowest BCUT2D eigenvalue weighted by Gasteiger charge is -2.07. The lowest BCUT2D eigenvalue weighted by atomic mass is 10.2. The third-order valence-corrected chi connectivity index (χ3v) is 2.56. The van der Waals surface area contributed by atoms with Crippen LogP contribution in [0.25, 0.3) is 0 Å². The van der Waals surface area contributed by atoms with Crippen LogP contribution in [0, 0.1) is 19.7 Å². The summed E-state index contributed by atoms with van der Waals surface area (Å²) >= 11 is 0. The number of anilines is 1. The van der Waals surface area contributed by atoms with Crippen LogP contribution in [0.4, 0.5) is 10.1 Å². The first-order chi connectivity index (χ1) is 8.15. The molecule has 2 rings (SSSR count). The minimum atomic E-state index is -0.225. The molecule has 0 aliphatic carbocycles. The molecule has 0 atom stereocenters. The van der Waals surface area contributed by atoms with Crippen LogP contribution in [0.1, 0.15) is 16.8 Å². The van der Waals surface area contributed by atoms with Gasteiger partial charge in [0.15, 0.2) is 0 Å². The molecule has 0 amide bonds. The number of benzene rings is 1. The molecule has 17 heavy (non-hydrogen) atoms. The summed E-state index contributed by atoms with van der Waals surface area (Å²) < 4.78 is 13.5. The average molecular weight is 230 g/mol. The van der Waals surface area contributed by atoms with E-state index < -0.39 is 0 Å². The van der Waals surface area contributed by atoms with Gasteiger partial charge in [0.25, 0.3) is 0 Å². The topological polar surface area (TPSA) is 24.9 Å². The maximum Gasteiger partial charge on any atom is 0.146 e. The van der Waals surface area contributed by atoms with Gasteiger partial charge in [0.05, 0.1) is 17.9 Å². The molecular formula is C14H15FN2. The molecule has 0 aliphatic heterocycles. The summed E-state index contributed by atoms with van der Waals surface area (Å²) in [5.74, 6) is -0.225. The first kappa shape index (κ1) is 11.6. The number of aryl methyl sites for hydroxylation is 2. The number of pyridine rings is 1. The largest absolute Gasteiger partial charge is 0.377 e. The van der Waals surface area contributed by atoms with Crippen LogP contribution in [0.15, 0.2) is 36.5 Å². The molecule has 0 radical (unpaired) electrons. The van der Waals surface area contributed by atoms with Crippen molar-refractivity contribution in [3.63, 3.8) is 0 Å². The highest BCUT2D eigenvalue weighted by molar-refractivity contribution is 5.46. The number of halogens is 1. The zero-order chi connectivity index (χ0) is 12.3. The maximum atomic E-state index is 13.5. The highest BCUT2D eigenvalue weighted by atomic mass is 19.1. The number of nitrogens with zero attached hydrogens (tertiary/aromatic N) is 1. The first-order valence-electron chi connectivity index (χ1n) is 5.57. The Labute approximate surface area is 101 Å². The zero-order valence-corrected chi connectivity index (χ0v) is 10.00. The quantitative estimate of drug-likeness (QED) is 0.873. The molecule has 2 aromatic rings. The van der Waals surface area contributed by atoms with Crippen LogP contribution in [0.5, 0.6) is 0 Å². The molecule has 0 fully saturated rings. The second kappa shape index (κ2) is 4.95. The lowest BCUT2D eigenvalue weighted by molar-refractivity contribution is 0.629. The molecule has 2 nitrogen and oxygen atoms in total. The van der Waals surface area contributed by atoms with Crippen molar-refractivity contribution in [3.8, 4) is 0 Å². The van der Waals surface area contributed by atoms with E-state index in [1.54, 1.807) is 6.07 Å². The van der Waals surface area contributed by atoms with Crippen molar-refractivity contribution in [2.75, 3.05) is 5.32 Å². The van der Waals surface area contributed by atoms with Crippen LogP contribution in [0.2, 0.25) is 0 Å². The molecule has 0 bridgehead atoms. The van der Waals surface area contributed by atoms with Crippen molar-refractivity contribution in [1.29, 1.82) is 0 Å². The minimum absolute atomic E-state index is 0.225. The minimum Gasteiger partial charge on any atom is -0.377 e. The second-order valence-corrected chi connectivity index (χ2v) is 4.16. The van der Waals surface area contributed by atoms with Crippen LogP contribution in [0.3, 0.4) is 0 Å². The summed E-state index contributed by atoms with van der Waals surface area (Å²) in [6.45, 7) is 4.39. The average Bonchev–Trinajstić information content (AvgIpc) is 2.30. The van der Waals surface area contributed by atoms with Gasteiger partial charge in [-0.2, -0.15) is 0 Å². The van der Waals surface area contributed by atoms with Crippen molar-refractivity contribution in [2.24, 2.45) is 0 Å². The first-order valence-corrected chi connectivity index (χ1v) is 5.57. The maximum absolute atomic E-state index is 13.5. The van der Waals surface area contributed by atoms with Crippen LogP contribution in [-0.4, -0.2) is 4.98 Å². The third kappa shape index (κ3) is 3.03. The smallest absolute Gasteiger partial charge is 0.146 e. The van der Waals surface area contributed by atoms with Gasteiger partial charge in [-0.15, -0.1) is 0 Å². The van der Waals surface area contributed by atoms with Gasteiger partial charge in [-0.3, -0.25) is 4.98 Å². The summed E-state index contributed by atoms with van der Waals surface area (Å²) in [6.07, 6.45) is 1.81. The summed E-state index contributed by atoms with van der Waals surface area (Å²) in [6, 6.07) is 9.09. The second-order valence-electron chi connectivity index (χ2n) is 4.16. The Morgan fingerprint density at radius 3 is 2.53 bits per heavy atom. The summed E-state index contributed by atoms with van der Waals surface area (Å²) in [7, 11) is 0. The van der Waals surface area contributed by atoms with E-state index in [0.29, 0.717) is 12.2 Å². The molecule has 1 N–H and O–H groups in total. The van der Waals surface area contributed by atoms with Gasteiger partial charge in [-0.25, -0.2) is 4.39 Å². The van der Waals surface area contributed by atoms with Gasteiger partial charge in [-0.1, -0.05) is 12.1 Å². The van der Waals surface area contributed by atoms with E-state index in [2.05, 4.69) is 10.3 Å². The van der Waals surface area contributed by atoms with Crippen molar-refractivity contribution in [2.45, 2.75) is 20.4 Å². The molecule has 1 heterocycles. The monoisotopic (exact) mass is 230 g/mol. The van der Waals surface area contributed by atoms with Crippen molar-refractivity contribution in [3.05, 3.63) is 59.2 Å². The third-order valence-electron chi connectivity index (χ3n) is 2.56. The predicted octanol–water partition coefficient (Wildman–Crippen LogP) is 3.45. The van der Waals surface area contributed by atoms with Gasteiger partial charge in [0, 0.05) is 6.20 Å². The van der Waals surface area contributed by atoms with E-state index in [0.717, 1.165) is 16.8 Å². The number of hydrogen-bond acceptors (Lipinski definition) is 2. The summed E-state index contributed by atoms with van der Waals surface area (Å²) in [4.78, 5) is 4.26. The Morgan fingerprint density at radius 1 is 1.12 bits per heavy atom.